The molecule has 112 valence electrons. The lowest BCUT2D eigenvalue weighted by atomic mass is 10.2. The molecule has 0 radical (unpaired) electrons. The summed E-state index contributed by atoms with van der Waals surface area (Å²) in [5, 5.41) is 7.37. The molecule has 0 saturated carbocycles. The van der Waals surface area contributed by atoms with Crippen LogP contribution in [0.2, 0.25) is 0 Å². The summed E-state index contributed by atoms with van der Waals surface area (Å²) in [6, 6.07) is 12.4. The molecule has 1 heterocycles. The topological polar surface area (TPSA) is 54.0 Å². The van der Waals surface area contributed by atoms with Crippen LogP contribution >= 0.6 is 0 Å². The Bertz CT molecular complexity index is 597. The van der Waals surface area contributed by atoms with E-state index < -0.39 is 0 Å². The summed E-state index contributed by atoms with van der Waals surface area (Å²) >= 11 is 0. The Kier molecular flexibility index (Phi) is 5.69. The number of para-hydroxylation sites is 1. The van der Waals surface area contributed by atoms with Crippen molar-refractivity contribution in [1.82, 2.24) is 15.6 Å². The van der Waals surface area contributed by atoms with E-state index in [-0.39, 0.29) is 11.9 Å². The molecule has 1 amide bonds. The molecule has 0 bridgehead atoms. The molecule has 0 aliphatic rings. The lowest BCUT2D eigenvalue weighted by Gasteiger charge is -2.11. The van der Waals surface area contributed by atoms with Gasteiger partial charge in [-0.05, 0) is 25.5 Å². The van der Waals surface area contributed by atoms with Crippen LogP contribution in [0.15, 0.2) is 36.4 Å². The van der Waals surface area contributed by atoms with E-state index in [9.17, 15) is 4.79 Å². The van der Waals surface area contributed by atoms with Crippen molar-refractivity contribution in [2.75, 3.05) is 6.54 Å². The molecular formula is C17H23N3O. The van der Waals surface area contributed by atoms with Gasteiger partial charge in [-0.1, -0.05) is 31.2 Å². The van der Waals surface area contributed by atoms with Gasteiger partial charge < -0.3 is 10.6 Å². The van der Waals surface area contributed by atoms with Crippen molar-refractivity contribution in [2.24, 2.45) is 0 Å². The molecule has 2 rings (SSSR count). The Morgan fingerprint density at radius 1 is 1.24 bits per heavy atom. The molecule has 0 saturated heterocycles. The Morgan fingerprint density at radius 3 is 2.86 bits per heavy atom. The number of nitrogens with one attached hydrogen (secondary N) is 2. The molecule has 1 aromatic heterocycles. The number of pyridine rings is 1. The average molecular weight is 285 g/mol. The molecule has 0 fully saturated rings. The summed E-state index contributed by atoms with van der Waals surface area (Å²) in [4.78, 5) is 16.2. The highest BCUT2D eigenvalue weighted by Gasteiger charge is 2.04. The molecule has 1 aromatic carbocycles. The van der Waals surface area contributed by atoms with E-state index in [0.717, 1.165) is 23.0 Å². The van der Waals surface area contributed by atoms with Gasteiger partial charge in [0.25, 0.3) is 0 Å². The molecular weight excluding hydrogens is 262 g/mol. The van der Waals surface area contributed by atoms with E-state index in [0.29, 0.717) is 19.5 Å². The van der Waals surface area contributed by atoms with Gasteiger partial charge in [0, 0.05) is 30.9 Å². The van der Waals surface area contributed by atoms with Crippen molar-refractivity contribution in [3.8, 4) is 0 Å². The second-order valence-electron chi connectivity index (χ2n) is 5.30. The number of benzene rings is 1. The van der Waals surface area contributed by atoms with E-state index in [1.165, 1.54) is 0 Å². The summed E-state index contributed by atoms with van der Waals surface area (Å²) in [7, 11) is 0. The molecule has 21 heavy (non-hydrogen) atoms. The van der Waals surface area contributed by atoms with Gasteiger partial charge in [-0.3, -0.25) is 9.78 Å². The fraction of sp³-hybridized carbons (Fsp3) is 0.412. The standard InChI is InChI=1S/C17H23N3O/c1-3-13(2)19-17(21)10-11-18-12-15-9-8-14-6-4-5-7-16(14)20-15/h4-9,13,18H,3,10-12H2,1-2H3,(H,19,21). The minimum Gasteiger partial charge on any atom is -0.354 e. The van der Waals surface area contributed by atoms with Gasteiger partial charge in [0.05, 0.1) is 11.2 Å². The average Bonchev–Trinajstić information content (AvgIpc) is 2.51. The Morgan fingerprint density at radius 2 is 2.05 bits per heavy atom. The van der Waals surface area contributed by atoms with Crippen LogP contribution in [0, 0.1) is 0 Å². The summed E-state index contributed by atoms with van der Waals surface area (Å²) in [5.41, 5.74) is 2.00. The SMILES string of the molecule is CCC(C)NC(=O)CCNCc1ccc2ccccc2n1. The lowest BCUT2D eigenvalue weighted by molar-refractivity contribution is -0.121. The summed E-state index contributed by atoms with van der Waals surface area (Å²) < 4.78 is 0. The number of carbonyl (C=O) groups is 1. The summed E-state index contributed by atoms with van der Waals surface area (Å²) in [5.74, 6) is 0.100. The molecule has 1 unspecified atom stereocenters. The maximum Gasteiger partial charge on any atom is 0.221 e. The van der Waals surface area contributed by atoms with Crippen LogP contribution in [-0.2, 0) is 11.3 Å². The van der Waals surface area contributed by atoms with E-state index in [1.807, 2.05) is 31.2 Å². The molecule has 4 nitrogen and oxygen atoms in total. The normalized spacial score (nSPS) is 12.3. The highest BCUT2D eigenvalue weighted by molar-refractivity contribution is 5.78. The van der Waals surface area contributed by atoms with E-state index >= 15 is 0 Å². The second-order valence-corrected chi connectivity index (χ2v) is 5.30. The zero-order valence-corrected chi connectivity index (χ0v) is 12.7. The predicted octanol–water partition coefficient (Wildman–Crippen LogP) is 2.63. The van der Waals surface area contributed by atoms with Crippen LogP contribution in [0.1, 0.15) is 32.4 Å². The molecule has 0 spiro atoms. The number of hydrogen-bond donors (Lipinski definition) is 2. The van der Waals surface area contributed by atoms with Gasteiger partial charge in [0.1, 0.15) is 0 Å². The first-order valence-electron chi connectivity index (χ1n) is 7.53. The Balaban J connectivity index is 1.76. The van der Waals surface area contributed by atoms with Crippen molar-refractivity contribution >= 4 is 16.8 Å². The molecule has 1 atom stereocenters. The van der Waals surface area contributed by atoms with Crippen LogP contribution in [0.25, 0.3) is 10.9 Å². The fourth-order valence-corrected chi connectivity index (χ4v) is 2.07. The van der Waals surface area contributed by atoms with E-state index in [4.69, 9.17) is 0 Å². The number of aromatic nitrogens is 1. The highest BCUT2D eigenvalue weighted by Crippen LogP contribution is 2.11. The third kappa shape index (κ3) is 4.83. The fourth-order valence-electron chi connectivity index (χ4n) is 2.07. The lowest BCUT2D eigenvalue weighted by Crippen LogP contribution is -2.33. The van der Waals surface area contributed by atoms with E-state index in [2.05, 4.69) is 34.7 Å². The minimum atomic E-state index is 0.100. The third-order valence-corrected chi connectivity index (χ3v) is 3.51. The van der Waals surface area contributed by atoms with Gasteiger partial charge in [-0.15, -0.1) is 0 Å². The second kappa shape index (κ2) is 7.74. The zero-order valence-electron chi connectivity index (χ0n) is 12.7. The maximum absolute atomic E-state index is 11.6. The van der Waals surface area contributed by atoms with Crippen LogP contribution < -0.4 is 10.6 Å². The first kappa shape index (κ1) is 15.4. The quantitative estimate of drug-likeness (QED) is 0.769. The highest BCUT2D eigenvalue weighted by atomic mass is 16.1. The van der Waals surface area contributed by atoms with Crippen LogP contribution in [-0.4, -0.2) is 23.5 Å². The minimum absolute atomic E-state index is 0.100. The largest absolute Gasteiger partial charge is 0.354 e. The predicted molar refractivity (Wildman–Crippen MR) is 86.0 cm³/mol. The van der Waals surface area contributed by atoms with Gasteiger partial charge in [-0.2, -0.15) is 0 Å². The number of fused-ring (bicyclic) bond motifs is 1. The van der Waals surface area contributed by atoms with Gasteiger partial charge in [0.15, 0.2) is 0 Å². The maximum atomic E-state index is 11.6. The smallest absolute Gasteiger partial charge is 0.221 e. The summed E-state index contributed by atoms with van der Waals surface area (Å²) in [6.45, 7) is 5.43. The van der Waals surface area contributed by atoms with Crippen molar-refractivity contribution < 1.29 is 4.79 Å². The Labute approximate surface area is 126 Å². The van der Waals surface area contributed by atoms with Crippen molar-refractivity contribution in [3.05, 3.63) is 42.1 Å². The molecule has 2 aromatic rings. The van der Waals surface area contributed by atoms with Crippen LogP contribution in [0.5, 0.6) is 0 Å². The number of rotatable bonds is 7. The van der Waals surface area contributed by atoms with Crippen molar-refractivity contribution in [1.29, 1.82) is 0 Å². The molecule has 0 aliphatic carbocycles. The Hall–Kier alpha value is -1.94. The van der Waals surface area contributed by atoms with Gasteiger partial charge in [0.2, 0.25) is 5.91 Å². The number of hydrogen-bond acceptors (Lipinski definition) is 3. The first-order valence-corrected chi connectivity index (χ1v) is 7.53. The summed E-state index contributed by atoms with van der Waals surface area (Å²) in [6.07, 6.45) is 1.46. The molecule has 2 N–H and O–H groups in total. The van der Waals surface area contributed by atoms with Gasteiger partial charge >= 0.3 is 0 Å². The number of nitrogens with zero attached hydrogens (tertiary/aromatic N) is 1. The zero-order chi connectivity index (χ0) is 15.1. The molecule has 4 heteroatoms. The van der Waals surface area contributed by atoms with Crippen molar-refractivity contribution in [2.45, 2.75) is 39.3 Å². The van der Waals surface area contributed by atoms with Crippen molar-refractivity contribution in [3.63, 3.8) is 0 Å². The first-order chi connectivity index (χ1) is 10.2. The monoisotopic (exact) mass is 285 g/mol. The van der Waals surface area contributed by atoms with E-state index in [1.54, 1.807) is 0 Å². The van der Waals surface area contributed by atoms with Gasteiger partial charge in [-0.25, -0.2) is 0 Å². The number of carbonyl (C=O) groups excluding carboxylic acids is 1. The van der Waals surface area contributed by atoms with Crippen LogP contribution in [0.4, 0.5) is 0 Å². The third-order valence-electron chi connectivity index (χ3n) is 3.51. The molecule has 0 aliphatic heterocycles. The number of amides is 1. The van der Waals surface area contributed by atoms with Crippen LogP contribution in [0.3, 0.4) is 0 Å².